The molecule has 6 heteroatoms. The van der Waals surface area contributed by atoms with Crippen LogP contribution in [0.5, 0.6) is 0 Å². The third kappa shape index (κ3) is 6.15. The lowest BCUT2D eigenvalue weighted by atomic mass is 9.95. The Labute approximate surface area is 132 Å². The van der Waals surface area contributed by atoms with Gasteiger partial charge >= 0.3 is 5.97 Å². The van der Waals surface area contributed by atoms with Crippen molar-refractivity contribution in [3.8, 4) is 0 Å². The Morgan fingerprint density at radius 1 is 1.23 bits per heavy atom. The highest BCUT2D eigenvalue weighted by Gasteiger charge is 2.19. The van der Waals surface area contributed by atoms with Gasteiger partial charge in [0.15, 0.2) is 9.84 Å². The van der Waals surface area contributed by atoms with Crippen molar-refractivity contribution in [1.29, 1.82) is 0 Å². The molecule has 124 valence electrons. The molecule has 0 amide bonds. The molecular formula is C16H25NO4S. The number of nitrogens with one attached hydrogen (secondary N) is 1. The zero-order valence-electron chi connectivity index (χ0n) is 13.4. The van der Waals surface area contributed by atoms with E-state index in [1.54, 1.807) is 0 Å². The molecule has 0 fully saturated rings. The summed E-state index contributed by atoms with van der Waals surface area (Å²) in [5.74, 6) is -1.99. The van der Waals surface area contributed by atoms with Crippen molar-refractivity contribution < 1.29 is 18.3 Å². The minimum absolute atomic E-state index is 0.0472. The molecular weight excluding hydrogens is 302 g/mol. The molecule has 0 aliphatic heterocycles. The molecule has 0 bridgehead atoms. The van der Waals surface area contributed by atoms with Crippen molar-refractivity contribution in [1.82, 2.24) is 5.32 Å². The van der Waals surface area contributed by atoms with Crippen molar-refractivity contribution in [2.24, 2.45) is 5.92 Å². The largest absolute Gasteiger partial charge is 0.480 e. The first-order chi connectivity index (χ1) is 10.2. The number of carboxylic acids is 1. The number of aryl methyl sites for hydroxylation is 1. The van der Waals surface area contributed by atoms with Gasteiger partial charge in [-0.2, -0.15) is 0 Å². The quantitative estimate of drug-likeness (QED) is 0.725. The van der Waals surface area contributed by atoms with E-state index in [1.807, 2.05) is 0 Å². The Morgan fingerprint density at radius 3 is 2.27 bits per heavy atom. The molecule has 0 spiro atoms. The highest BCUT2D eigenvalue weighted by atomic mass is 32.2. The zero-order valence-corrected chi connectivity index (χ0v) is 14.2. The van der Waals surface area contributed by atoms with Crippen molar-refractivity contribution >= 4 is 15.8 Å². The molecule has 0 saturated heterocycles. The molecule has 1 aromatic carbocycles. The lowest BCUT2D eigenvalue weighted by Crippen LogP contribution is -2.32. The number of hydrogen-bond acceptors (Lipinski definition) is 4. The second-order valence-corrected chi connectivity index (χ2v) is 7.94. The molecule has 22 heavy (non-hydrogen) atoms. The molecule has 1 unspecified atom stereocenters. The van der Waals surface area contributed by atoms with Gasteiger partial charge in [0.1, 0.15) is 5.75 Å². The minimum atomic E-state index is -3.56. The van der Waals surface area contributed by atoms with E-state index in [2.05, 4.69) is 50.4 Å². The molecule has 5 nitrogen and oxygen atoms in total. The average Bonchev–Trinajstić information content (AvgIpc) is 2.42. The predicted octanol–water partition coefficient (Wildman–Crippen LogP) is 2.04. The van der Waals surface area contributed by atoms with E-state index in [-0.39, 0.29) is 18.3 Å². The monoisotopic (exact) mass is 327 g/mol. The Kier molecular flexibility index (Phi) is 7.03. The molecule has 0 aliphatic rings. The summed E-state index contributed by atoms with van der Waals surface area (Å²) in [5.41, 5.74) is 2.37. The molecule has 0 aliphatic carbocycles. The van der Waals surface area contributed by atoms with E-state index in [0.717, 1.165) is 12.0 Å². The lowest BCUT2D eigenvalue weighted by molar-refractivity contribution is -0.134. The Bertz CT molecular complexity index is 579. The van der Waals surface area contributed by atoms with Crippen LogP contribution in [0.15, 0.2) is 24.3 Å². The predicted molar refractivity (Wildman–Crippen MR) is 87.7 cm³/mol. The smallest absolute Gasteiger partial charge is 0.318 e. The summed E-state index contributed by atoms with van der Waals surface area (Å²) < 4.78 is 23.2. The van der Waals surface area contributed by atoms with Crippen LogP contribution in [0.1, 0.15) is 37.9 Å². The second kappa shape index (κ2) is 8.29. The standard InChI is InChI=1S/C16H25NO4S/c1-4-13-5-7-14(8-6-13)16(12(2)3)17-9-10-22(20,21)11-15(18)19/h5-8,12,16-17H,4,9-11H2,1-3H3,(H,18,19). The average molecular weight is 327 g/mol. The van der Waals surface area contributed by atoms with Crippen molar-refractivity contribution in [3.63, 3.8) is 0 Å². The van der Waals surface area contributed by atoms with Crippen LogP contribution in [0.25, 0.3) is 0 Å². The van der Waals surface area contributed by atoms with Gasteiger partial charge in [0, 0.05) is 12.6 Å². The summed E-state index contributed by atoms with van der Waals surface area (Å²) in [7, 11) is -3.56. The topological polar surface area (TPSA) is 83.5 Å². The van der Waals surface area contributed by atoms with E-state index in [1.165, 1.54) is 5.56 Å². The number of rotatable bonds is 9. The lowest BCUT2D eigenvalue weighted by Gasteiger charge is -2.23. The molecule has 0 saturated carbocycles. The van der Waals surface area contributed by atoms with Crippen LogP contribution >= 0.6 is 0 Å². The number of carbonyl (C=O) groups is 1. The maximum Gasteiger partial charge on any atom is 0.318 e. The molecule has 0 aromatic heterocycles. The van der Waals surface area contributed by atoms with Gasteiger partial charge in [-0.05, 0) is 23.5 Å². The van der Waals surface area contributed by atoms with Crippen LogP contribution in [-0.4, -0.2) is 37.5 Å². The third-order valence-corrected chi connectivity index (χ3v) is 5.05. The Morgan fingerprint density at radius 2 is 1.82 bits per heavy atom. The summed E-state index contributed by atoms with van der Waals surface area (Å²) in [6.07, 6.45) is 0.980. The highest BCUT2D eigenvalue weighted by Crippen LogP contribution is 2.22. The third-order valence-electron chi connectivity index (χ3n) is 3.53. The summed E-state index contributed by atoms with van der Waals surface area (Å²) in [6, 6.07) is 8.32. The van der Waals surface area contributed by atoms with E-state index in [0.29, 0.717) is 5.92 Å². The minimum Gasteiger partial charge on any atom is -0.480 e. The second-order valence-electron chi connectivity index (χ2n) is 5.76. The first-order valence-corrected chi connectivity index (χ1v) is 9.31. The molecule has 2 N–H and O–H groups in total. The molecule has 0 radical (unpaired) electrons. The van der Waals surface area contributed by atoms with Crippen LogP contribution in [-0.2, 0) is 21.1 Å². The van der Waals surface area contributed by atoms with Crippen molar-refractivity contribution in [2.75, 3.05) is 18.1 Å². The number of benzene rings is 1. The molecule has 1 aromatic rings. The van der Waals surface area contributed by atoms with Gasteiger partial charge in [-0.1, -0.05) is 45.0 Å². The first kappa shape index (κ1) is 18.6. The van der Waals surface area contributed by atoms with Crippen molar-refractivity contribution in [3.05, 3.63) is 35.4 Å². The Balaban J connectivity index is 2.67. The van der Waals surface area contributed by atoms with Gasteiger partial charge in [0.05, 0.1) is 5.75 Å². The molecule has 1 atom stereocenters. The maximum atomic E-state index is 11.6. The van der Waals surface area contributed by atoms with E-state index >= 15 is 0 Å². The van der Waals surface area contributed by atoms with Gasteiger partial charge in [-0.15, -0.1) is 0 Å². The number of hydrogen-bond donors (Lipinski definition) is 2. The molecule has 1 rings (SSSR count). The highest BCUT2D eigenvalue weighted by molar-refractivity contribution is 7.92. The van der Waals surface area contributed by atoms with Gasteiger partial charge in [0.2, 0.25) is 0 Å². The fourth-order valence-electron chi connectivity index (χ4n) is 2.33. The van der Waals surface area contributed by atoms with Crippen LogP contribution < -0.4 is 5.32 Å². The van der Waals surface area contributed by atoms with Gasteiger partial charge < -0.3 is 10.4 Å². The fraction of sp³-hybridized carbons (Fsp3) is 0.562. The summed E-state index contributed by atoms with van der Waals surface area (Å²) in [5, 5.41) is 11.8. The number of aliphatic carboxylic acids is 1. The summed E-state index contributed by atoms with van der Waals surface area (Å²) in [4.78, 5) is 10.5. The van der Waals surface area contributed by atoms with Gasteiger partial charge in [-0.25, -0.2) is 8.42 Å². The maximum absolute atomic E-state index is 11.6. The number of sulfone groups is 1. The van der Waals surface area contributed by atoms with Crippen LogP contribution in [0.3, 0.4) is 0 Å². The van der Waals surface area contributed by atoms with Crippen LogP contribution in [0, 0.1) is 5.92 Å². The number of carboxylic acid groups (broad SMARTS) is 1. The zero-order chi connectivity index (χ0) is 16.8. The van der Waals surface area contributed by atoms with Crippen LogP contribution in [0.2, 0.25) is 0 Å². The molecule has 0 heterocycles. The SMILES string of the molecule is CCc1ccc(C(NCCS(=O)(=O)CC(=O)O)C(C)C)cc1. The normalized spacial score (nSPS) is 13.3. The first-order valence-electron chi connectivity index (χ1n) is 7.49. The summed E-state index contributed by atoms with van der Waals surface area (Å²) >= 11 is 0. The van der Waals surface area contributed by atoms with Crippen LogP contribution in [0.4, 0.5) is 0 Å². The Hall–Kier alpha value is -1.40. The summed E-state index contributed by atoms with van der Waals surface area (Å²) in [6.45, 7) is 6.47. The van der Waals surface area contributed by atoms with Crippen molar-refractivity contribution in [2.45, 2.75) is 33.2 Å². The van der Waals surface area contributed by atoms with E-state index in [9.17, 15) is 13.2 Å². The van der Waals surface area contributed by atoms with Gasteiger partial charge in [0.25, 0.3) is 0 Å². The van der Waals surface area contributed by atoms with Gasteiger partial charge in [-0.3, -0.25) is 4.79 Å². The van der Waals surface area contributed by atoms with E-state index in [4.69, 9.17) is 5.11 Å². The fourth-order valence-corrected chi connectivity index (χ4v) is 3.28. The van der Waals surface area contributed by atoms with E-state index < -0.39 is 21.6 Å².